The Morgan fingerprint density at radius 2 is 2.06 bits per heavy atom. The van der Waals surface area contributed by atoms with Gasteiger partial charge in [-0.2, -0.15) is 0 Å². The van der Waals surface area contributed by atoms with Gasteiger partial charge < -0.3 is 15.5 Å². The summed E-state index contributed by atoms with van der Waals surface area (Å²) in [6.45, 7) is 6.25. The molecule has 0 aliphatic heterocycles. The van der Waals surface area contributed by atoms with Crippen LogP contribution in [0.1, 0.15) is 39.5 Å². The molecule has 0 bridgehead atoms. The summed E-state index contributed by atoms with van der Waals surface area (Å²) in [5.74, 6) is 0. The van der Waals surface area contributed by atoms with E-state index in [-0.39, 0.29) is 6.03 Å². The molecule has 1 saturated carbocycles. The van der Waals surface area contributed by atoms with E-state index in [1.165, 1.54) is 25.7 Å². The Balaban J connectivity index is 2.12. The van der Waals surface area contributed by atoms with E-state index in [1.807, 2.05) is 0 Å². The van der Waals surface area contributed by atoms with E-state index in [9.17, 15) is 4.79 Å². The molecule has 17 heavy (non-hydrogen) atoms. The van der Waals surface area contributed by atoms with Gasteiger partial charge in [0.2, 0.25) is 0 Å². The number of nitrogens with zero attached hydrogens (tertiary/aromatic N) is 1. The predicted octanol–water partition coefficient (Wildman–Crippen LogP) is 1.82. The molecule has 0 spiro atoms. The van der Waals surface area contributed by atoms with Crippen molar-refractivity contribution >= 4 is 6.03 Å². The van der Waals surface area contributed by atoms with Crippen molar-refractivity contribution in [2.75, 3.05) is 27.2 Å². The Morgan fingerprint density at radius 1 is 1.35 bits per heavy atom. The zero-order chi connectivity index (χ0) is 12.9. The van der Waals surface area contributed by atoms with Crippen LogP contribution in [0, 0.1) is 5.41 Å². The van der Waals surface area contributed by atoms with Gasteiger partial charge in [-0.3, -0.25) is 0 Å². The summed E-state index contributed by atoms with van der Waals surface area (Å²) < 4.78 is 0. The van der Waals surface area contributed by atoms with E-state index in [2.05, 4.69) is 24.5 Å². The topological polar surface area (TPSA) is 44.4 Å². The van der Waals surface area contributed by atoms with Crippen molar-refractivity contribution in [3.05, 3.63) is 0 Å². The lowest BCUT2D eigenvalue weighted by Crippen LogP contribution is -2.43. The van der Waals surface area contributed by atoms with Crippen LogP contribution in [0.5, 0.6) is 0 Å². The van der Waals surface area contributed by atoms with E-state index in [0.29, 0.717) is 18.0 Å². The fourth-order valence-electron chi connectivity index (χ4n) is 2.48. The normalized spacial score (nSPS) is 23.2. The molecular weight excluding hydrogens is 214 g/mol. The summed E-state index contributed by atoms with van der Waals surface area (Å²) >= 11 is 0. The highest BCUT2D eigenvalue weighted by molar-refractivity contribution is 5.73. The third kappa shape index (κ3) is 5.39. The van der Waals surface area contributed by atoms with Crippen molar-refractivity contribution in [1.29, 1.82) is 0 Å². The van der Waals surface area contributed by atoms with E-state index >= 15 is 0 Å². The number of hydrogen-bond acceptors (Lipinski definition) is 2. The van der Waals surface area contributed by atoms with Crippen molar-refractivity contribution in [2.45, 2.75) is 45.6 Å². The van der Waals surface area contributed by atoms with Gasteiger partial charge in [0.05, 0.1) is 0 Å². The molecule has 2 N–H and O–H groups in total. The summed E-state index contributed by atoms with van der Waals surface area (Å²) in [6.07, 6.45) is 5.16. The van der Waals surface area contributed by atoms with Gasteiger partial charge in [-0.05, 0) is 24.7 Å². The largest absolute Gasteiger partial charge is 0.337 e. The van der Waals surface area contributed by atoms with Crippen LogP contribution in [0.2, 0.25) is 0 Å². The van der Waals surface area contributed by atoms with Gasteiger partial charge in [-0.25, -0.2) is 4.79 Å². The monoisotopic (exact) mass is 241 g/mol. The molecule has 4 nitrogen and oxygen atoms in total. The number of rotatable bonds is 4. The minimum Gasteiger partial charge on any atom is -0.337 e. The minimum absolute atomic E-state index is 0.0178. The summed E-state index contributed by atoms with van der Waals surface area (Å²) in [5.41, 5.74) is 0.475. The summed E-state index contributed by atoms with van der Waals surface area (Å²) in [6, 6.07) is 0.603. The average Bonchev–Trinajstić information content (AvgIpc) is 2.22. The van der Waals surface area contributed by atoms with Gasteiger partial charge in [0, 0.05) is 33.2 Å². The smallest absolute Gasteiger partial charge is 0.316 e. The SMILES string of the molecule is CN(C)C(=O)NCCNC1CCCC(C)(C)C1. The van der Waals surface area contributed by atoms with Gasteiger partial charge in [0.25, 0.3) is 0 Å². The van der Waals surface area contributed by atoms with Crippen molar-refractivity contribution < 1.29 is 4.79 Å². The number of carbonyl (C=O) groups is 1. The molecule has 0 aromatic heterocycles. The molecule has 100 valence electrons. The van der Waals surface area contributed by atoms with E-state index < -0.39 is 0 Å². The van der Waals surface area contributed by atoms with E-state index in [1.54, 1.807) is 19.0 Å². The molecule has 1 aliphatic carbocycles. The van der Waals surface area contributed by atoms with Gasteiger partial charge in [0.15, 0.2) is 0 Å². The van der Waals surface area contributed by atoms with Crippen LogP contribution in [0.25, 0.3) is 0 Å². The fraction of sp³-hybridized carbons (Fsp3) is 0.923. The van der Waals surface area contributed by atoms with Crippen molar-refractivity contribution in [1.82, 2.24) is 15.5 Å². The standard InChI is InChI=1S/C13H27N3O/c1-13(2)7-5-6-11(10-13)14-8-9-15-12(17)16(3)4/h11,14H,5-10H2,1-4H3,(H,15,17). The summed E-state index contributed by atoms with van der Waals surface area (Å²) in [4.78, 5) is 12.8. The Morgan fingerprint density at radius 3 is 2.65 bits per heavy atom. The van der Waals surface area contributed by atoms with Gasteiger partial charge in [0.1, 0.15) is 0 Å². The second-order valence-electron chi connectivity index (χ2n) is 6.04. The maximum Gasteiger partial charge on any atom is 0.316 e. The van der Waals surface area contributed by atoms with Crippen LogP contribution in [-0.4, -0.2) is 44.2 Å². The molecule has 0 heterocycles. The molecule has 1 aliphatic rings. The third-order valence-corrected chi connectivity index (χ3v) is 3.45. The van der Waals surface area contributed by atoms with Crippen LogP contribution in [-0.2, 0) is 0 Å². The molecule has 1 atom stereocenters. The molecule has 4 heteroatoms. The number of hydrogen-bond donors (Lipinski definition) is 2. The highest BCUT2D eigenvalue weighted by atomic mass is 16.2. The van der Waals surface area contributed by atoms with E-state index in [0.717, 1.165) is 6.54 Å². The third-order valence-electron chi connectivity index (χ3n) is 3.45. The fourth-order valence-corrected chi connectivity index (χ4v) is 2.48. The minimum atomic E-state index is -0.0178. The molecule has 0 radical (unpaired) electrons. The highest BCUT2D eigenvalue weighted by Crippen LogP contribution is 2.34. The van der Waals surface area contributed by atoms with Gasteiger partial charge in [-0.1, -0.05) is 20.3 Å². The zero-order valence-electron chi connectivity index (χ0n) is 11.7. The summed E-state index contributed by atoms with van der Waals surface area (Å²) in [7, 11) is 3.51. The zero-order valence-corrected chi connectivity index (χ0v) is 11.7. The first-order valence-corrected chi connectivity index (χ1v) is 6.59. The number of carbonyl (C=O) groups excluding carboxylic acids is 1. The van der Waals surface area contributed by atoms with Crippen LogP contribution < -0.4 is 10.6 Å². The molecule has 0 aromatic rings. The van der Waals surface area contributed by atoms with Gasteiger partial charge >= 0.3 is 6.03 Å². The molecule has 0 aromatic carbocycles. The Bertz CT molecular complexity index is 251. The Labute approximate surface area is 105 Å². The first-order valence-electron chi connectivity index (χ1n) is 6.59. The second kappa shape index (κ2) is 6.24. The Hall–Kier alpha value is -0.770. The first kappa shape index (κ1) is 14.3. The van der Waals surface area contributed by atoms with Crippen molar-refractivity contribution in [3.8, 4) is 0 Å². The lowest BCUT2D eigenvalue weighted by molar-refractivity contribution is 0.197. The maximum atomic E-state index is 11.3. The second-order valence-corrected chi connectivity index (χ2v) is 6.04. The number of nitrogens with one attached hydrogen (secondary N) is 2. The lowest BCUT2D eigenvalue weighted by Gasteiger charge is -2.35. The molecule has 0 saturated heterocycles. The van der Waals surface area contributed by atoms with Gasteiger partial charge in [-0.15, -0.1) is 0 Å². The lowest BCUT2D eigenvalue weighted by atomic mass is 9.75. The average molecular weight is 241 g/mol. The van der Waals surface area contributed by atoms with E-state index in [4.69, 9.17) is 0 Å². The molecule has 1 rings (SSSR count). The Kier molecular flexibility index (Phi) is 5.25. The first-order chi connectivity index (χ1) is 7.91. The molecule has 1 unspecified atom stereocenters. The van der Waals surface area contributed by atoms with Crippen LogP contribution in [0.15, 0.2) is 0 Å². The highest BCUT2D eigenvalue weighted by Gasteiger charge is 2.27. The van der Waals surface area contributed by atoms with Crippen molar-refractivity contribution in [2.24, 2.45) is 5.41 Å². The number of amides is 2. The molecular formula is C13H27N3O. The quantitative estimate of drug-likeness (QED) is 0.737. The molecule has 1 fully saturated rings. The maximum absolute atomic E-state index is 11.3. The molecule has 2 amide bonds. The van der Waals surface area contributed by atoms with Crippen molar-refractivity contribution in [3.63, 3.8) is 0 Å². The van der Waals surface area contributed by atoms with Crippen LogP contribution >= 0.6 is 0 Å². The summed E-state index contributed by atoms with van der Waals surface area (Å²) in [5, 5.41) is 6.41. The van der Waals surface area contributed by atoms with Crippen LogP contribution in [0.4, 0.5) is 4.79 Å². The van der Waals surface area contributed by atoms with Crippen LogP contribution in [0.3, 0.4) is 0 Å². The number of urea groups is 1. The predicted molar refractivity (Wildman–Crippen MR) is 71.1 cm³/mol.